The second-order valence-electron chi connectivity index (χ2n) is 8.21. The van der Waals surface area contributed by atoms with Crippen LogP contribution in [0, 0.1) is 24.4 Å². The van der Waals surface area contributed by atoms with Crippen molar-refractivity contribution in [3.8, 4) is 16.9 Å². The number of benzene rings is 3. The molecule has 12 heteroatoms. The molecule has 0 radical (unpaired) electrons. The first-order chi connectivity index (χ1) is 18.9. The molecule has 1 heterocycles. The molecule has 1 amide bonds. The smallest absolute Gasteiger partial charge is 0.417 e. The summed E-state index contributed by atoms with van der Waals surface area (Å²) in [4.78, 5) is 26.2. The maximum Gasteiger partial charge on any atom is 0.417 e. The van der Waals surface area contributed by atoms with Gasteiger partial charge < -0.3 is 14.8 Å². The molecule has 0 aliphatic rings. The van der Waals surface area contributed by atoms with E-state index >= 15 is 0 Å². The first-order valence-corrected chi connectivity index (χ1v) is 11.5. The van der Waals surface area contributed by atoms with Crippen molar-refractivity contribution in [1.29, 1.82) is 0 Å². The van der Waals surface area contributed by atoms with Crippen LogP contribution >= 0.6 is 0 Å². The maximum absolute atomic E-state index is 13.6. The number of hydrogen-bond acceptors (Lipinski definition) is 5. The predicted molar refractivity (Wildman–Crippen MR) is 134 cm³/mol. The molecule has 0 aliphatic heterocycles. The molecule has 40 heavy (non-hydrogen) atoms. The van der Waals surface area contributed by atoms with E-state index in [2.05, 4.69) is 9.72 Å². The lowest BCUT2D eigenvalue weighted by molar-refractivity contribution is -0.139. The lowest BCUT2D eigenvalue weighted by Crippen LogP contribution is -2.31. The van der Waals surface area contributed by atoms with Crippen LogP contribution in [-0.4, -0.2) is 37.6 Å². The topological polar surface area (TPSA) is 77.5 Å². The van der Waals surface area contributed by atoms with E-state index in [4.69, 9.17) is 4.74 Å². The van der Waals surface area contributed by atoms with Crippen molar-refractivity contribution in [2.45, 2.75) is 13.1 Å². The number of carbonyl (C=O) groups excluding carboxylic acids is 2. The van der Waals surface area contributed by atoms with Gasteiger partial charge in [-0.2, -0.15) is 13.2 Å². The van der Waals surface area contributed by atoms with Crippen LogP contribution < -0.4 is 10.1 Å². The number of nitrogens with one attached hydrogen (secondary N) is 1. The monoisotopic (exact) mass is 564 g/mol. The Hall–Kier alpha value is -4.61. The lowest BCUT2D eigenvalue weighted by atomic mass is 9.94. The van der Waals surface area contributed by atoms with Gasteiger partial charge in [0.1, 0.15) is 35.3 Å². The summed E-state index contributed by atoms with van der Waals surface area (Å²) < 4.78 is 89.5. The van der Waals surface area contributed by atoms with Gasteiger partial charge in [0.05, 0.1) is 25.3 Å². The third kappa shape index (κ3) is 6.68. The van der Waals surface area contributed by atoms with Crippen LogP contribution in [0.2, 0.25) is 0 Å². The summed E-state index contributed by atoms with van der Waals surface area (Å²) in [5, 5.41) is 2.77. The van der Waals surface area contributed by atoms with E-state index in [0.717, 1.165) is 42.3 Å². The van der Waals surface area contributed by atoms with Gasteiger partial charge >= 0.3 is 12.1 Å². The molecule has 1 N–H and O–H groups in total. The number of carbonyl (C=O) groups is 2. The van der Waals surface area contributed by atoms with Crippen molar-refractivity contribution in [3.63, 3.8) is 0 Å². The van der Waals surface area contributed by atoms with E-state index in [1.54, 1.807) is 24.3 Å². The number of amides is 1. The van der Waals surface area contributed by atoms with Gasteiger partial charge in [0.2, 0.25) is 0 Å². The van der Waals surface area contributed by atoms with Gasteiger partial charge in [0, 0.05) is 28.8 Å². The number of nitrogens with zero attached hydrogens (tertiary/aromatic N) is 1. The highest BCUT2D eigenvalue weighted by Gasteiger charge is 2.36. The fourth-order valence-corrected chi connectivity index (χ4v) is 3.79. The zero-order valence-corrected chi connectivity index (χ0v) is 21.3. The first-order valence-electron chi connectivity index (χ1n) is 11.5. The fourth-order valence-electron chi connectivity index (χ4n) is 3.79. The first kappa shape index (κ1) is 29.9. The molecule has 0 aliphatic carbocycles. The number of aromatic nitrogens is 1. The Labute approximate surface area is 224 Å². The third-order valence-corrected chi connectivity index (χ3v) is 5.66. The Bertz CT molecular complexity index is 1540. The van der Waals surface area contributed by atoms with Gasteiger partial charge in [0.25, 0.3) is 5.91 Å². The van der Waals surface area contributed by atoms with Crippen LogP contribution in [0.3, 0.4) is 0 Å². The van der Waals surface area contributed by atoms with Crippen molar-refractivity contribution < 1.29 is 45.4 Å². The molecule has 0 atom stereocenters. The summed E-state index contributed by atoms with van der Waals surface area (Å²) in [6.07, 6.45) is -3.22. The zero-order valence-electron chi connectivity index (χ0n) is 21.3. The van der Waals surface area contributed by atoms with Crippen molar-refractivity contribution >= 4 is 22.8 Å². The van der Waals surface area contributed by atoms with Crippen molar-refractivity contribution in [1.82, 2.24) is 10.3 Å². The number of pyridine rings is 1. The lowest BCUT2D eigenvalue weighted by Gasteiger charge is -2.18. The van der Waals surface area contributed by atoms with Crippen molar-refractivity contribution in [2.24, 2.45) is 0 Å². The molecular formula is C28H22F6N2O4. The number of alkyl halides is 3. The zero-order chi connectivity index (χ0) is 29.6. The summed E-state index contributed by atoms with van der Waals surface area (Å²) in [5.41, 5.74) is -0.471. The second kappa shape index (κ2) is 12.5. The van der Waals surface area contributed by atoms with Gasteiger partial charge in [-0.15, -0.1) is 0 Å². The van der Waals surface area contributed by atoms with E-state index < -0.39 is 53.2 Å². The van der Waals surface area contributed by atoms with Crippen LogP contribution in [0.5, 0.6) is 5.75 Å². The minimum Gasteiger partial charge on any atom is -0.496 e. The average Bonchev–Trinajstić information content (AvgIpc) is 2.91. The Balaban J connectivity index is 0.000000241. The fraction of sp³-hybridized carbons (Fsp3) is 0.179. The van der Waals surface area contributed by atoms with Crippen LogP contribution in [-0.2, 0) is 15.7 Å². The highest BCUT2D eigenvalue weighted by atomic mass is 19.4. The van der Waals surface area contributed by atoms with E-state index in [1.807, 2.05) is 12.2 Å². The molecule has 0 bridgehead atoms. The average molecular weight is 564 g/mol. The Kier molecular flexibility index (Phi) is 9.35. The SMILES string of the molecule is COC(=O)CNC(=O)c1c(F)cccc1F.COc1cc(F)cc(C(F)(F)F)c1-c1ccc(C)c2cccnc12. The number of halogens is 6. The molecule has 1 aromatic heterocycles. The van der Waals surface area contributed by atoms with Crippen LogP contribution in [0.1, 0.15) is 21.5 Å². The van der Waals surface area contributed by atoms with E-state index in [0.29, 0.717) is 11.6 Å². The van der Waals surface area contributed by atoms with E-state index in [-0.39, 0.29) is 16.9 Å². The summed E-state index contributed by atoms with van der Waals surface area (Å²) in [5.74, 6) is -4.86. The molecule has 4 rings (SSSR count). The second-order valence-corrected chi connectivity index (χ2v) is 8.21. The summed E-state index contributed by atoms with van der Waals surface area (Å²) in [7, 11) is 2.35. The number of hydrogen-bond donors (Lipinski definition) is 1. The standard InChI is InChI=1S/C18H13F4NO.C10H9F2NO3/c1-10-5-6-13(17-12(10)4-3-7-23-17)16-14(18(20,21)22)8-11(19)9-15(16)24-2;1-16-8(14)5-13-10(15)9-6(11)3-2-4-7(9)12/h3-9H,1-2H3;2-4H,5H2,1H3,(H,13,15). The van der Waals surface area contributed by atoms with Gasteiger partial charge in [0.15, 0.2) is 0 Å². The molecule has 0 spiro atoms. The molecule has 6 nitrogen and oxygen atoms in total. The molecule has 0 saturated carbocycles. The third-order valence-electron chi connectivity index (χ3n) is 5.66. The van der Waals surface area contributed by atoms with Gasteiger partial charge in [-0.1, -0.05) is 24.3 Å². The van der Waals surface area contributed by atoms with Gasteiger partial charge in [-0.05, 0) is 36.8 Å². The van der Waals surface area contributed by atoms with Crippen LogP contribution in [0.4, 0.5) is 26.3 Å². The van der Waals surface area contributed by atoms with Crippen LogP contribution in [0.25, 0.3) is 22.0 Å². The highest BCUT2D eigenvalue weighted by molar-refractivity contribution is 5.98. The number of esters is 1. The number of methoxy groups -OCH3 is 2. The Morgan fingerprint density at radius 2 is 1.62 bits per heavy atom. The maximum atomic E-state index is 13.6. The summed E-state index contributed by atoms with van der Waals surface area (Å²) in [6.45, 7) is 1.41. The normalized spacial score (nSPS) is 10.9. The molecule has 0 unspecified atom stereocenters. The summed E-state index contributed by atoms with van der Waals surface area (Å²) in [6, 6.07) is 11.2. The quantitative estimate of drug-likeness (QED) is 0.229. The van der Waals surface area contributed by atoms with Gasteiger partial charge in [-0.25, -0.2) is 13.2 Å². The Morgan fingerprint density at radius 1 is 0.950 bits per heavy atom. The Morgan fingerprint density at radius 3 is 2.23 bits per heavy atom. The minimum atomic E-state index is -4.73. The number of rotatable bonds is 5. The largest absolute Gasteiger partial charge is 0.496 e. The van der Waals surface area contributed by atoms with Crippen molar-refractivity contribution in [2.75, 3.05) is 20.8 Å². The summed E-state index contributed by atoms with van der Waals surface area (Å²) >= 11 is 0. The predicted octanol–water partition coefficient (Wildman–Crippen LogP) is 6.24. The molecule has 3 aromatic carbocycles. The molecule has 0 saturated heterocycles. The number of aryl methyl sites for hydroxylation is 1. The highest BCUT2D eigenvalue weighted by Crippen LogP contribution is 2.44. The van der Waals surface area contributed by atoms with Crippen LogP contribution in [0.15, 0.2) is 60.8 Å². The molecule has 210 valence electrons. The minimum absolute atomic E-state index is 0.182. The number of fused-ring (bicyclic) bond motifs is 1. The molecular weight excluding hydrogens is 542 g/mol. The number of ether oxygens (including phenoxy) is 2. The van der Waals surface area contributed by atoms with Gasteiger partial charge in [-0.3, -0.25) is 14.6 Å². The molecule has 0 fully saturated rings. The van der Waals surface area contributed by atoms with E-state index in [9.17, 15) is 35.9 Å². The van der Waals surface area contributed by atoms with E-state index in [1.165, 1.54) is 13.3 Å². The molecule has 4 aromatic rings. The van der Waals surface area contributed by atoms with Crippen molar-refractivity contribution in [3.05, 3.63) is 94.9 Å².